The molecule has 2 saturated heterocycles. The van der Waals surface area contributed by atoms with Crippen LogP contribution in [-0.4, -0.2) is 59.3 Å². The van der Waals surface area contributed by atoms with Gasteiger partial charge >= 0.3 is 12.0 Å². The number of rotatable bonds is 3. The topological polar surface area (TPSA) is 122 Å². The molecule has 0 aromatic rings. The molecule has 1 atom stereocenters. The highest BCUT2D eigenvalue weighted by molar-refractivity contribution is 5.90. The van der Waals surface area contributed by atoms with Crippen molar-refractivity contribution in [2.75, 3.05) is 19.8 Å². The van der Waals surface area contributed by atoms with Crippen LogP contribution < -0.4 is 11.1 Å². The Morgan fingerprint density at radius 1 is 1.24 bits per heavy atom. The summed E-state index contributed by atoms with van der Waals surface area (Å²) in [5, 5.41) is 12.0. The molecular weight excluding hydrogens is 278 g/mol. The minimum Gasteiger partial charge on any atom is -0.480 e. The van der Waals surface area contributed by atoms with Crippen molar-refractivity contribution in [3.05, 3.63) is 0 Å². The van der Waals surface area contributed by atoms with Crippen molar-refractivity contribution in [3.8, 4) is 0 Å². The molecule has 0 spiro atoms. The van der Waals surface area contributed by atoms with Crippen LogP contribution in [0.4, 0.5) is 4.79 Å². The van der Waals surface area contributed by atoms with E-state index < -0.39 is 29.5 Å². The molecule has 21 heavy (non-hydrogen) atoms. The Labute approximate surface area is 122 Å². The summed E-state index contributed by atoms with van der Waals surface area (Å²) < 4.78 is 5.16. The number of aliphatic carboxylic acids is 1. The lowest BCUT2D eigenvalue weighted by molar-refractivity contribution is -0.148. The van der Waals surface area contributed by atoms with E-state index in [2.05, 4.69) is 5.32 Å². The van der Waals surface area contributed by atoms with E-state index in [0.717, 1.165) is 12.8 Å². The van der Waals surface area contributed by atoms with Crippen LogP contribution in [0.3, 0.4) is 0 Å². The van der Waals surface area contributed by atoms with E-state index in [1.807, 2.05) is 0 Å². The van der Waals surface area contributed by atoms with Gasteiger partial charge in [-0.15, -0.1) is 0 Å². The van der Waals surface area contributed by atoms with E-state index in [1.54, 1.807) is 0 Å². The van der Waals surface area contributed by atoms with Crippen molar-refractivity contribution in [2.24, 2.45) is 5.73 Å². The average molecular weight is 299 g/mol. The molecular formula is C13H21N3O5. The number of ether oxygens (including phenoxy) is 1. The van der Waals surface area contributed by atoms with Crippen LogP contribution in [0.2, 0.25) is 0 Å². The highest BCUT2D eigenvalue weighted by atomic mass is 16.5. The molecule has 2 heterocycles. The fourth-order valence-electron chi connectivity index (χ4n) is 2.86. The van der Waals surface area contributed by atoms with Gasteiger partial charge in [-0.1, -0.05) is 0 Å². The van der Waals surface area contributed by atoms with Crippen molar-refractivity contribution in [1.29, 1.82) is 0 Å². The van der Waals surface area contributed by atoms with Crippen molar-refractivity contribution in [3.63, 3.8) is 0 Å². The first-order valence-electron chi connectivity index (χ1n) is 7.15. The lowest BCUT2D eigenvalue weighted by Gasteiger charge is -2.39. The van der Waals surface area contributed by atoms with Gasteiger partial charge in [-0.3, -0.25) is 4.79 Å². The van der Waals surface area contributed by atoms with Crippen LogP contribution in [0.5, 0.6) is 0 Å². The summed E-state index contributed by atoms with van der Waals surface area (Å²) >= 11 is 0. The zero-order chi connectivity index (χ0) is 15.5. The molecule has 8 nitrogen and oxygen atoms in total. The largest absolute Gasteiger partial charge is 0.480 e. The average Bonchev–Trinajstić information content (AvgIpc) is 2.48. The number of likely N-dealkylation sites (tertiary alicyclic amines) is 1. The second-order valence-corrected chi connectivity index (χ2v) is 5.54. The Morgan fingerprint density at radius 3 is 2.48 bits per heavy atom. The lowest BCUT2D eigenvalue weighted by atomic mass is 9.90. The minimum absolute atomic E-state index is 0.211. The lowest BCUT2D eigenvalue weighted by Crippen LogP contribution is -2.63. The number of nitrogens with zero attached hydrogens (tertiary/aromatic N) is 1. The Bertz CT molecular complexity index is 434. The molecule has 0 aliphatic carbocycles. The molecule has 0 aromatic heterocycles. The maximum atomic E-state index is 12.4. The van der Waals surface area contributed by atoms with E-state index in [1.165, 1.54) is 4.90 Å². The molecule has 2 rings (SSSR count). The first-order chi connectivity index (χ1) is 9.96. The van der Waals surface area contributed by atoms with Crippen LogP contribution in [0.1, 0.15) is 32.1 Å². The highest BCUT2D eigenvalue weighted by Crippen LogP contribution is 2.23. The number of carboxylic acids is 1. The first-order valence-corrected chi connectivity index (χ1v) is 7.15. The fraction of sp³-hybridized carbons (Fsp3) is 0.769. The molecule has 2 aliphatic rings. The standard InChI is InChI=1S/C13H21N3O5/c14-10(17)9-3-1-2-6-16(9)12(20)15-13(11(18)19)4-7-21-8-5-13/h9H,1-8H2,(H2,14,17)(H,15,20)(H,18,19). The van der Waals surface area contributed by atoms with Crippen molar-refractivity contribution >= 4 is 17.9 Å². The number of nitrogens with one attached hydrogen (secondary N) is 1. The number of carbonyl (C=O) groups excluding carboxylic acids is 2. The first kappa shape index (κ1) is 15.6. The van der Waals surface area contributed by atoms with Gasteiger partial charge in [0.25, 0.3) is 0 Å². The van der Waals surface area contributed by atoms with Crippen LogP contribution in [-0.2, 0) is 14.3 Å². The number of urea groups is 1. The van der Waals surface area contributed by atoms with E-state index in [9.17, 15) is 19.5 Å². The molecule has 0 saturated carbocycles. The summed E-state index contributed by atoms with van der Waals surface area (Å²) in [6, 6.07) is -1.20. The Morgan fingerprint density at radius 2 is 1.90 bits per heavy atom. The second-order valence-electron chi connectivity index (χ2n) is 5.54. The zero-order valence-electron chi connectivity index (χ0n) is 11.8. The highest BCUT2D eigenvalue weighted by Gasteiger charge is 2.43. The molecule has 118 valence electrons. The zero-order valence-corrected chi connectivity index (χ0v) is 11.8. The van der Waals surface area contributed by atoms with Gasteiger partial charge in [0.05, 0.1) is 0 Å². The van der Waals surface area contributed by atoms with Gasteiger partial charge in [-0.05, 0) is 19.3 Å². The SMILES string of the molecule is NC(=O)C1CCCCN1C(=O)NC1(C(=O)O)CCOCC1. The number of carboxylic acid groups (broad SMARTS) is 1. The molecule has 1 unspecified atom stereocenters. The smallest absolute Gasteiger partial charge is 0.329 e. The molecule has 3 amide bonds. The third-order valence-electron chi connectivity index (χ3n) is 4.19. The molecule has 8 heteroatoms. The number of carbonyl (C=O) groups is 3. The summed E-state index contributed by atoms with van der Waals surface area (Å²) in [5.41, 5.74) is 4.00. The number of nitrogens with two attached hydrogens (primary N) is 1. The summed E-state index contributed by atoms with van der Waals surface area (Å²) in [5.74, 6) is -1.63. The number of amides is 3. The fourth-order valence-corrected chi connectivity index (χ4v) is 2.86. The maximum absolute atomic E-state index is 12.4. The molecule has 4 N–H and O–H groups in total. The third kappa shape index (κ3) is 3.26. The third-order valence-corrected chi connectivity index (χ3v) is 4.19. The second kappa shape index (κ2) is 6.30. The van der Waals surface area contributed by atoms with E-state index in [4.69, 9.17) is 10.5 Å². The summed E-state index contributed by atoms with van der Waals surface area (Å²) in [6.07, 6.45) is 2.55. The van der Waals surface area contributed by atoms with Gasteiger partial charge in [0.1, 0.15) is 11.6 Å². The molecule has 0 aromatic carbocycles. The predicted molar refractivity (Wildman–Crippen MR) is 72.5 cm³/mol. The van der Waals surface area contributed by atoms with Crippen molar-refractivity contribution in [2.45, 2.75) is 43.7 Å². The predicted octanol–water partition coefficient (Wildman–Crippen LogP) is -0.330. The van der Waals surface area contributed by atoms with E-state index >= 15 is 0 Å². The van der Waals surface area contributed by atoms with Gasteiger partial charge in [0.2, 0.25) is 5.91 Å². The molecule has 0 radical (unpaired) electrons. The van der Waals surface area contributed by atoms with Crippen LogP contribution in [0.15, 0.2) is 0 Å². The van der Waals surface area contributed by atoms with Gasteiger partial charge in [0, 0.05) is 32.6 Å². The molecule has 0 bridgehead atoms. The Kier molecular flexibility index (Phi) is 4.66. The van der Waals surface area contributed by atoms with Gasteiger partial charge in [-0.2, -0.15) is 0 Å². The van der Waals surface area contributed by atoms with Crippen LogP contribution in [0, 0.1) is 0 Å². The number of primary amides is 1. The Hall–Kier alpha value is -1.83. The van der Waals surface area contributed by atoms with E-state index in [-0.39, 0.29) is 26.1 Å². The summed E-state index contributed by atoms with van der Waals surface area (Å²) in [4.78, 5) is 36.7. The number of hydrogen-bond donors (Lipinski definition) is 3. The van der Waals surface area contributed by atoms with Gasteiger partial charge in [0.15, 0.2) is 0 Å². The van der Waals surface area contributed by atoms with Gasteiger partial charge in [-0.25, -0.2) is 9.59 Å². The molecule has 2 fully saturated rings. The van der Waals surface area contributed by atoms with Crippen LogP contribution >= 0.6 is 0 Å². The van der Waals surface area contributed by atoms with Gasteiger partial charge < -0.3 is 25.8 Å². The van der Waals surface area contributed by atoms with Crippen molar-refractivity contribution in [1.82, 2.24) is 10.2 Å². The van der Waals surface area contributed by atoms with E-state index in [0.29, 0.717) is 13.0 Å². The van der Waals surface area contributed by atoms with Crippen molar-refractivity contribution < 1.29 is 24.2 Å². The Balaban J connectivity index is 2.10. The molecule has 2 aliphatic heterocycles. The minimum atomic E-state index is -1.32. The summed E-state index contributed by atoms with van der Waals surface area (Å²) in [6.45, 7) is 0.975. The maximum Gasteiger partial charge on any atom is 0.329 e. The number of hydrogen-bond acceptors (Lipinski definition) is 4. The normalized spacial score (nSPS) is 25.1. The monoisotopic (exact) mass is 299 g/mol. The quantitative estimate of drug-likeness (QED) is 0.658. The number of piperidine rings is 1. The summed E-state index contributed by atoms with van der Waals surface area (Å²) in [7, 11) is 0. The van der Waals surface area contributed by atoms with Crippen LogP contribution in [0.25, 0.3) is 0 Å².